The molecule has 0 atom stereocenters. The normalized spacial score (nSPS) is 11.0. The number of nitrogens with zero attached hydrogens (tertiary/aromatic N) is 1. The Morgan fingerprint density at radius 2 is 1.32 bits per heavy atom. The van der Waals surface area contributed by atoms with E-state index in [0.29, 0.717) is 0 Å². The third kappa shape index (κ3) is 6.91. The molecule has 0 aromatic carbocycles. The monoisotopic (exact) mass is 351 g/mol. The minimum atomic E-state index is -1.21. The van der Waals surface area contributed by atoms with Crippen LogP contribution in [0.1, 0.15) is 65.7 Å². The van der Waals surface area contributed by atoms with Gasteiger partial charge in [0.05, 0.1) is 0 Å². The third-order valence-electron chi connectivity index (χ3n) is 2.96. The van der Waals surface area contributed by atoms with Crippen molar-refractivity contribution in [1.29, 1.82) is 0 Å². The number of amides is 2. The number of anilines is 2. The molecule has 1 heterocycles. The zero-order valence-electron chi connectivity index (χ0n) is 16.3. The van der Waals surface area contributed by atoms with Gasteiger partial charge in [-0.1, -0.05) is 55.4 Å². The van der Waals surface area contributed by atoms with Crippen molar-refractivity contribution < 1.29 is 19.5 Å². The lowest BCUT2D eigenvalue weighted by atomic mass is 9.95. The van der Waals surface area contributed by atoms with Crippen LogP contribution in [0, 0.1) is 10.8 Å². The predicted octanol–water partition coefficient (Wildman–Crippen LogP) is 3.78. The average Bonchev–Trinajstić information content (AvgIpc) is 2.47. The Hall–Kier alpha value is -2.44. The topological polar surface area (TPSA) is 108 Å². The van der Waals surface area contributed by atoms with Crippen LogP contribution >= 0.6 is 0 Å². The van der Waals surface area contributed by atoms with Crippen LogP contribution in [0.25, 0.3) is 0 Å². The van der Waals surface area contributed by atoms with E-state index in [0.717, 1.165) is 0 Å². The highest BCUT2D eigenvalue weighted by atomic mass is 16.4. The first kappa shape index (κ1) is 22.6. The van der Waals surface area contributed by atoms with Crippen molar-refractivity contribution in [2.24, 2.45) is 10.8 Å². The lowest BCUT2D eigenvalue weighted by Gasteiger charge is -2.20. The van der Waals surface area contributed by atoms with Crippen molar-refractivity contribution in [1.82, 2.24) is 4.98 Å². The first-order valence-electron chi connectivity index (χ1n) is 8.19. The average molecular weight is 351 g/mol. The van der Waals surface area contributed by atoms with Gasteiger partial charge in [0.1, 0.15) is 17.2 Å². The maximum atomic E-state index is 12.1. The summed E-state index contributed by atoms with van der Waals surface area (Å²) in [4.78, 5) is 39.4. The van der Waals surface area contributed by atoms with Gasteiger partial charge in [-0.05, 0) is 12.1 Å². The van der Waals surface area contributed by atoms with Crippen LogP contribution in [-0.2, 0) is 9.59 Å². The van der Waals surface area contributed by atoms with E-state index in [9.17, 15) is 19.5 Å². The molecule has 0 unspecified atom stereocenters. The summed E-state index contributed by atoms with van der Waals surface area (Å²) in [6.45, 7) is 14.3. The second-order valence-corrected chi connectivity index (χ2v) is 7.31. The second kappa shape index (κ2) is 8.60. The van der Waals surface area contributed by atoms with E-state index in [1.807, 2.05) is 13.8 Å². The molecule has 3 N–H and O–H groups in total. The smallest absolute Gasteiger partial charge is 0.339 e. The number of aromatic carboxylic acids is 1. The lowest BCUT2D eigenvalue weighted by Crippen LogP contribution is -2.30. The summed E-state index contributed by atoms with van der Waals surface area (Å²) in [6.07, 6.45) is 0. The van der Waals surface area contributed by atoms with Crippen LogP contribution in [0.2, 0.25) is 0 Å². The van der Waals surface area contributed by atoms with Gasteiger partial charge in [-0.25, -0.2) is 9.78 Å². The highest BCUT2D eigenvalue weighted by molar-refractivity contribution is 6.01. The summed E-state index contributed by atoms with van der Waals surface area (Å²) >= 11 is 0. The Bertz CT molecular complexity index is 641. The molecule has 140 valence electrons. The number of carboxylic acid groups (broad SMARTS) is 1. The second-order valence-electron chi connectivity index (χ2n) is 7.31. The van der Waals surface area contributed by atoms with Crippen LogP contribution < -0.4 is 10.6 Å². The van der Waals surface area contributed by atoms with Gasteiger partial charge in [0.2, 0.25) is 11.8 Å². The lowest BCUT2D eigenvalue weighted by molar-refractivity contribution is -0.123. The van der Waals surface area contributed by atoms with Crippen LogP contribution in [0.5, 0.6) is 0 Å². The van der Waals surface area contributed by atoms with Crippen LogP contribution in [0.3, 0.4) is 0 Å². The molecule has 1 aromatic rings. The van der Waals surface area contributed by atoms with Gasteiger partial charge in [0.15, 0.2) is 0 Å². The standard InChI is InChI=1S/C16H23N3O4.C2H6/c1-15(2,3)13(22)18-10-8-7-9(12(20)21)11(17-10)19-14(23)16(4,5)6;1-2/h7-8H,1-6H3,(H,20,21)(H2,17,18,19,22,23);1-2H3. The fraction of sp³-hybridized carbons (Fsp3) is 0.556. The van der Waals surface area contributed by atoms with Crippen LogP contribution in [0.4, 0.5) is 11.6 Å². The van der Waals surface area contributed by atoms with Crippen molar-refractivity contribution in [2.75, 3.05) is 10.6 Å². The highest BCUT2D eigenvalue weighted by Gasteiger charge is 2.25. The van der Waals surface area contributed by atoms with Gasteiger partial charge in [0.25, 0.3) is 0 Å². The van der Waals surface area contributed by atoms with Crippen molar-refractivity contribution in [3.05, 3.63) is 17.7 Å². The van der Waals surface area contributed by atoms with E-state index < -0.39 is 16.8 Å². The summed E-state index contributed by atoms with van der Waals surface area (Å²) in [6, 6.07) is 2.69. The Kier molecular flexibility index (Phi) is 7.76. The minimum absolute atomic E-state index is 0.0934. The first-order valence-corrected chi connectivity index (χ1v) is 8.19. The number of carbonyl (C=O) groups excluding carboxylic acids is 2. The molecule has 0 aliphatic carbocycles. The van der Waals surface area contributed by atoms with Crippen molar-refractivity contribution >= 4 is 29.4 Å². The Balaban J connectivity index is 0.00000277. The summed E-state index contributed by atoms with van der Waals surface area (Å²) < 4.78 is 0. The van der Waals surface area contributed by atoms with Crippen LogP contribution in [0.15, 0.2) is 12.1 Å². The number of pyridine rings is 1. The van der Waals surface area contributed by atoms with E-state index in [1.54, 1.807) is 41.5 Å². The van der Waals surface area contributed by atoms with Gasteiger partial charge >= 0.3 is 5.97 Å². The van der Waals surface area contributed by atoms with Gasteiger partial charge in [-0.2, -0.15) is 0 Å². The molecular weight excluding hydrogens is 322 g/mol. The molecule has 0 radical (unpaired) electrons. The Labute approximate surface area is 149 Å². The summed E-state index contributed by atoms with van der Waals surface area (Å²) in [5.41, 5.74) is -1.47. The predicted molar refractivity (Wildman–Crippen MR) is 98.7 cm³/mol. The molecule has 25 heavy (non-hydrogen) atoms. The van der Waals surface area contributed by atoms with Gasteiger partial charge in [0, 0.05) is 10.8 Å². The molecule has 2 amide bonds. The first-order chi connectivity index (χ1) is 11.3. The molecule has 0 saturated carbocycles. The number of hydrogen-bond acceptors (Lipinski definition) is 4. The molecule has 7 nitrogen and oxygen atoms in total. The molecule has 1 rings (SSSR count). The summed E-state index contributed by atoms with van der Waals surface area (Å²) in [5, 5.41) is 14.3. The number of carbonyl (C=O) groups is 3. The molecule has 0 spiro atoms. The molecule has 0 bridgehead atoms. The number of rotatable bonds is 3. The molecular formula is C18H29N3O4. The maximum absolute atomic E-state index is 12.1. The SMILES string of the molecule is CC.CC(C)(C)C(=O)Nc1ccc(C(=O)O)c(NC(=O)C(C)(C)C)n1. The fourth-order valence-electron chi connectivity index (χ4n) is 1.40. The van der Waals surface area contributed by atoms with Gasteiger partial charge in [-0.15, -0.1) is 0 Å². The zero-order valence-corrected chi connectivity index (χ0v) is 16.3. The summed E-state index contributed by atoms with van der Waals surface area (Å²) in [7, 11) is 0. The number of aromatic nitrogens is 1. The van der Waals surface area contributed by atoms with E-state index in [4.69, 9.17) is 0 Å². The van der Waals surface area contributed by atoms with E-state index in [1.165, 1.54) is 12.1 Å². The van der Waals surface area contributed by atoms with Crippen molar-refractivity contribution in [2.45, 2.75) is 55.4 Å². The van der Waals surface area contributed by atoms with Crippen LogP contribution in [-0.4, -0.2) is 27.9 Å². The molecule has 0 saturated heterocycles. The molecule has 7 heteroatoms. The molecule has 0 fully saturated rings. The third-order valence-corrected chi connectivity index (χ3v) is 2.96. The summed E-state index contributed by atoms with van der Waals surface area (Å²) in [5.74, 6) is -1.76. The van der Waals surface area contributed by atoms with Gasteiger partial charge < -0.3 is 15.7 Å². The fourth-order valence-corrected chi connectivity index (χ4v) is 1.40. The van der Waals surface area contributed by atoms with E-state index >= 15 is 0 Å². The minimum Gasteiger partial charge on any atom is -0.478 e. The van der Waals surface area contributed by atoms with E-state index in [-0.39, 0.29) is 29.0 Å². The molecule has 0 aliphatic heterocycles. The maximum Gasteiger partial charge on any atom is 0.339 e. The largest absolute Gasteiger partial charge is 0.478 e. The molecule has 1 aromatic heterocycles. The van der Waals surface area contributed by atoms with Crippen molar-refractivity contribution in [3.63, 3.8) is 0 Å². The quantitative estimate of drug-likeness (QED) is 0.768. The highest BCUT2D eigenvalue weighted by Crippen LogP contribution is 2.22. The van der Waals surface area contributed by atoms with E-state index in [2.05, 4.69) is 15.6 Å². The Morgan fingerprint density at radius 1 is 0.880 bits per heavy atom. The molecule has 0 aliphatic rings. The van der Waals surface area contributed by atoms with Crippen molar-refractivity contribution in [3.8, 4) is 0 Å². The zero-order chi connectivity index (χ0) is 20.0. The number of hydrogen-bond donors (Lipinski definition) is 3. The number of nitrogens with one attached hydrogen (secondary N) is 2. The van der Waals surface area contributed by atoms with Gasteiger partial charge in [-0.3, -0.25) is 9.59 Å². The number of carboxylic acids is 1. The Morgan fingerprint density at radius 3 is 1.72 bits per heavy atom.